The first kappa shape index (κ1) is 22.6. The second-order valence-corrected chi connectivity index (χ2v) is 7.33. The molecule has 2 heterocycles. The summed E-state index contributed by atoms with van der Waals surface area (Å²) >= 11 is 1.70. The van der Waals surface area contributed by atoms with Gasteiger partial charge in [-0.2, -0.15) is 0 Å². The lowest BCUT2D eigenvalue weighted by molar-refractivity contribution is -0.132. The van der Waals surface area contributed by atoms with Crippen molar-refractivity contribution in [2.45, 2.75) is 52.5 Å². The summed E-state index contributed by atoms with van der Waals surface area (Å²) < 4.78 is 0. The van der Waals surface area contributed by atoms with E-state index in [0.717, 1.165) is 30.2 Å². The first-order chi connectivity index (χ1) is 9.99. The minimum absolute atomic E-state index is 0. The number of amides is 1. The summed E-state index contributed by atoms with van der Waals surface area (Å²) in [5, 5.41) is 4.45. The number of carbonyl (C=O) groups excluding carboxylic acids is 1. The van der Waals surface area contributed by atoms with Crippen LogP contribution in [-0.2, 0) is 4.79 Å². The fourth-order valence-electron chi connectivity index (χ4n) is 3.00. The zero-order valence-electron chi connectivity index (χ0n) is 14.4. The number of carbonyl (C=O) groups is 1. The summed E-state index contributed by atoms with van der Waals surface area (Å²) in [5.74, 6) is 0.970. The summed E-state index contributed by atoms with van der Waals surface area (Å²) in [6.07, 6.45) is 4.11. The molecule has 2 rings (SSSR count). The molecule has 1 saturated heterocycles. The van der Waals surface area contributed by atoms with Gasteiger partial charge in [-0.15, -0.1) is 36.2 Å². The minimum Gasteiger partial charge on any atom is -0.338 e. The van der Waals surface area contributed by atoms with E-state index in [1.807, 2.05) is 25.8 Å². The molecular formula is C16H29Cl2N3OS. The van der Waals surface area contributed by atoms with Crippen LogP contribution in [-0.4, -0.2) is 35.9 Å². The minimum atomic E-state index is 0. The number of thiazole rings is 1. The van der Waals surface area contributed by atoms with Crippen molar-refractivity contribution < 1.29 is 4.79 Å². The largest absolute Gasteiger partial charge is 0.338 e. The number of hydrogen-bond donors (Lipinski definition) is 1. The summed E-state index contributed by atoms with van der Waals surface area (Å²) in [6.45, 7) is 8.35. The van der Waals surface area contributed by atoms with Crippen LogP contribution in [0.3, 0.4) is 0 Å². The molecule has 1 aliphatic heterocycles. The van der Waals surface area contributed by atoms with Gasteiger partial charge in [-0.1, -0.05) is 0 Å². The average molecular weight is 382 g/mol. The molecule has 23 heavy (non-hydrogen) atoms. The highest BCUT2D eigenvalue weighted by Crippen LogP contribution is 2.29. The van der Waals surface area contributed by atoms with Crippen LogP contribution in [0.15, 0.2) is 0 Å². The van der Waals surface area contributed by atoms with Crippen LogP contribution in [0.2, 0.25) is 0 Å². The van der Waals surface area contributed by atoms with E-state index in [9.17, 15) is 4.79 Å². The Balaban J connectivity index is 0.00000242. The molecule has 0 radical (unpaired) electrons. The molecule has 1 aromatic rings. The molecule has 4 nitrogen and oxygen atoms in total. The van der Waals surface area contributed by atoms with E-state index in [-0.39, 0.29) is 36.8 Å². The van der Waals surface area contributed by atoms with E-state index in [1.54, 1.807) is 11.3 Å². The topological polar surface area (TPSA) is 45.2 Å². The Labute approximate surface area is 156 Å². The molecule has 134 valence electrons. The van der Waals surface area contributed by atoms with E-state index in [2.05, 4.69) is 17.2 Å². The van der Waals surface area contributed by atoms with Crippen molar-refractivity contribution >= 4 is 42.1 Å². The quantitative estimate of drug-likeness (QED) is 0.840. The Morgan fingerprint density at radius 3 is 2.48 bits per heavy atom. The van der Waals surface area contributed by atoms with Gasteiger partial charge in [0.05, 0.1) is 16.7 Å². The van der Waals surface area contributed by atoms with Crippen LogP contribution in [0.25, 0.3) is 0 Å². The van der Waals surface area contributed by atoms with E-state index in [4.69, 9.17) is 0 Å². The van der Waals surface area contributed by atoms with Crippen molar-refractivity contribution in [2.24, 2.45) is 5.92 Å². The normalized spacial score (nSPS) is 16.2. The Morgan fingerprint density at radius 1 is 1.35 bits per heavy atom. The van der Waals surface area contributed by atoms with Crippen LogP contribution in [0.4, 0.5) is 0 Å². The summed E-state index contributed by atoms with van der Waals surface area (Å²) in [6, 6.07) is 0.122. The van der Waals surface area contributed by atoms with Gasteiger partial charge in [0.1, 0.15) is 0 Å². The molecule has 1 fully saturated rings. The Hall–Kier alpha value is -0.360. The number of piperidine rings is 1. The molecule has 0 saturated carbocycles. The maximum absolute atomic E-state index is 12.4. The van der Waals surface area contributed by atoms with E-state index >= 15 is 0 Å². The van der Waals surface area contributed by atoms with Crippen LogP contribution in [0.1, 0.15) is 54.2 Å². The molecule has 1 aromatic heterocycles. The third-order valence-electron chi connectivity index (χ3n) is 4.52. The van der Waals surface area contributed by atoms with Gasteiger partial charge >= 0.3 is 0 Å². The van der Waals surface area contributed by atoms with Crippen LogP contribution in [0, 0.1) is 19.8 Å². The lowest BCUT2D eigenvalue weighted by atomic mass is 9.93. The predicted octanol–water partition coefficient (Wildman–Crippen LogP) is 3.90. The molecular weight excluding hydrogens is 353 g/mol. The third kappa shape index (κ3) is 6.22. The molecule has 7 heteroatoms. The highest BCUT2D eigenvalue weighted by molar-refractivity contribution is 7.11. The molecule has 1 N–H and O–H groups in total. The van der Waals surface area contributed by atoms with Gasteiger partial charge in [0.2, 0.25) is 5.91 Å². The van der Waals surface area contributed by atoms with Crippen molar-refractivity contribution in [3.05, 3.63) is 15.6 Å². The zero-order valence-corrected chi connectivity index (χ0v) is 16.9. The molecule has 1 atom stereocenters. The highest BCUT2D eigenvalue weighted by atomic mass is 35.5. The maximum atomic E-state index is 12.4. The van der Waals surface area contributed by atoms with Crippen LogP contribution >= 0.6 is 36.2 Å². The van der Waals surface area contributed by atoms with Crippen molar-refractivity contribution in [2.75, 3.05) is 20.1 Å². The smallest absolute Gasteiger partial charge is 0.222 e. The first-order valence-corrected chi connectivity index (χ1v) is 8.71. The number of nitrogens with one attached hydrogen (secondary N) is 1. The molecule has 1 aliphatic rings. The molecule has 1 unspecified atom stereocenters. The highest BCUT2D eigenvalue weighted by Gasteiger charge is 2.22. The molecule has 0 bridgehead atoms. The van der Waals surface area contributed by atoms with Gasteiger partial charge < -0.3 is 10.2 Å². The zero-order chi connectivity index (χ0) is 15.4. The Bertz CT molecular complexity index is 490. The van der Waals surface area contributed by atoms with E-state index < -0.39 is 0 Å². The number of halogens is 2. The standard InChI is InChI=1S/C16H27N3OS.2ClH/c1-11-16(21-13(3)18-11)12(2)19(4)15(20)6-5-14-7-9-17-10-8-14;;/h12,14,17H,5-10H2,1-4H3;2*1H. The van der Waals surface area contributed by atoms with Gasteiger partial charge in [0.25, 0.3) is 0 Å². The average Bonchev–Trinajstić information content (AvgIpc) is 2.83. The molecule has 0 aromatic carbocycles. The second kappa shape index (κ2) is 10.5. The monoisotopic (exact) mass is 381 g/mol. The van der Waals surface area contributed by atoms with E-state index in [1.165, 1.54) is 17.7 Å². The maximum Gasteiger partial charge on any atom is 0.222 e. The van der Waals surface area contributed by atoms with Crippen LogP contribution in [0.5, 0.6) is 0 Å². The van der Waals surface area contributed by atoms with Crippen LogP contribution < -0.4 is 5.32 Å². The van der Waals surface area contributed by atoms with Gasteiger partial charge in [0, 0.05) is 18.3 Å². The van der Waals surface area contributed by atoms with Gasteiger partial charge in [-0.05, 0) is 59.0 Å². The number of rotatable bonds is 5. The Morgan fingerprint density at radius 2 is 1.96 bits per heavy atom. The third-order valence-corrected chi connectivity index (χ3v) is 5.76. The van der Waals surface area contributed by atoms with Crippen molar-refractivity contribution in [1.29, 1.82) is 0 Å². The fraction of sp³-hybridized carbons (Fsp3) is 0.750. The Kier molecular flexibility index (Phi) is 10.3. The van der Waals surface area contributed by atoms with Gasteiger partial charge in [0.15, 0.2) is 0 Å². The molecule has 1 amide bonds. The van der Waals surface area contributed by atoms with Crippen molar-refractivity contribution in [1.82, 2.24) is 15.2 Å². The molecule has 0 aliphatic carbocycles. The SMILES string of the molecule is Cc1nc(C)c(C(C)N(C)C(=O)CCC2CCNCC2)s1.Cl.Cl. The first-order valence-electron chi connectivity index (χ1n) is 7.89. The summed E-state index contributed by atoms with van der Waals surface area (Å²) in [7, 11) is 1.92. The predicted molar refractivity (Wildman–Crippen MR) is 102 cm³/mol. The van der Waals surface area contributed by atoms with Gasteiger partial charge in [-0.25, -0.2) is 4.98 Å². The number of nitrogens with zero attached hydrogens (tertiary/aromatic N) is 2. The summed E-state index contributed by atoms with van der Waals surface area (Å²) in [5.41, 5.74) is 1.06. The lowest BCUT2D eigenvalue weighted by Gasteiger charge is -2.26. The van der Waals surface area contributed by atoms with E-state index in [0.29, 0.717) is 12.3 Å². The fourth-order valence-corrected chi connectivity index (χ4v) is 4.02. The van der Waals surface area contributed by atoms with Crippen molar-refractivity contribution in [3.8, 4) is 0 Å². The van der Waals surface area contributed by atoms with Gasteiger partial charge in [-0.3, -0.25) is 4.79 Å². The number of aromatic nitrogens is 1. The lowest BCUT2D eigenvalue weighted by Crippen LogP contribution is -2.31. The van der Waals surface area contributed by atoms with Crippen molar-refractivity contribution in [3.63, 3.8) is 0 Å². The molecule has 0 spiro atoms. The number of hydrogen-bond acceptors (Lipinski definition) is 4. The number of aryl methyl sites for hydroxylation is 2. The summed E-state index contributed by atoms with van der Waals surface area (Å²) in [4.78, 5) is 20.0. The second-order valence-electron chi connectivity index (χ2n) is 6.10.